The van der Waals surface area contributed by atoms with E-state index >= 15 is 0 Å². The molecule has 4 saturated carbocycles. The fraction of sp³-hybridized carbons (Fsp3) is 0.800. The highest BCUT2D eigenvalue weighted by Crippen LogP contribution is 2.66. The molecule has 1 aromatic heterocycles. The van der Waals surface area contributed by atoms with Crippen molar-refractivity contribution in [2.75, 3.05) is 5.32 Å². The molecule has 4 aliphatic rings. The zero-order valence-electron chi connectivity index (χ0n) is 11.4. The van der Waals surface area contributed by atoms with Crippen LogP contribution in [0.1, 0.15) is 52.4 Å². The lowest BCUT2D eigenvalue weighted by Crippen LogP contribution is -2.61. The van der Waals surface area contributed by atoms with Gasteiger partial charge in [-0.3, -0.25) is 0 Å². The van der Waals surface area contributed by atoms with Crippen molar-refractivity contribution in [1.82, 2.24) is 9.97 Å². The van der Waals surface area contributed by atoms with E-state index in [0.717, 1.165) is 11.9 Å². The molecule has 0 amide bonds. The fourth-order valence-electron chi connectivity index (χ4n) is 6.17. The third-order valence-corrected chi connectivity index (χ3v) is 5.51. The van der Waals surface area contributed by atoms with Gasteiger partial charge in [-0.1, -0.05) is 13.8 Å². The minimum Gasteiger partial charge on any atom is -0.350 e. The number of anilines is 1. The molecule has 4 aliphatic carbocycles. The van der Waals surface area contributed by atoms with Gasteiger partial charge in [-0.05, 0) is 55.3 Å². The predicted octanol–water partition coefficient (Wildman–Crippen LogP) is 3.57. The highest BCUT2D eigenvalue weighted by Gasteiger charge is 2.60. The molecular weight excluding hydrogens is 222 g/mol. The minimum atomic E-state index is 0.306. The Morgan fingerprint density at radius 1 is 1.17 bits per heavy atom. The second kappa shape index (κ2) is 3.12. The van der Waals surface area contributed by atoms with Crippen LogP contribution in [0.15, 0.2) is 12.4 Å². The van der Waals surface area contributed by atoms with Crippen molar-refractivity contribution in [1.29, 1.82) is 0 Å². The summed E-state index contributed by atoms with van der Waals surface area (Å²) < 4.78 is 0. The van der Waals surface area contributed by atoms with Gasteiger partial charge in [0.15, 0.2) is 0 Å². The summed E-state index contributed by atoms with van der Waals surface area (Å²) in [6, 6.07) is 0. The second-order valence-electron chi connectivity index (χ2n) is 7.97. The van der Waals surface area contributed by atoms with Crippen LogP contribution >= 0.6 is 0 Å². The summed E-state index contributed by atoms with van der Waals surface area (Å²) in [7, 11) is 0. The Hall–Kier alpha value is -0.990. The normalized spacial score (nSPS) is 49.6. The van der Waals surface area contributed by atoms with Crippen molar-refractivity contribution < 1.29 is 0 Å². The van der Waals surface area contributed by atoms with Crippen LogP contribution in [0.3, 0.4) is 0 Å². The summed E-state index contributed by atoms with van der Waals surface area (Å²) in [5.74, 6) is 1.89. The van der Waals surface area contributed by atoms with Crippen LogP contribution in [0.25, 0.3) is 0 Å². The minimum absolute atomic E-state index is 0.306. The molecule has 1 aromatic rings. The molecule has 5 rings (SSSR count). The molecule has 18 heavy (non-hydrogen) atoms. The zero-order valence-corrected chi connectivity index (χ0v) is 11.4. The predicted molar refractivity (Wildman–Crippen MR) is 72.3 cm³/mol. The first-order chi connectivity index (χ1) is 8.49. The van der Waals surface area contributed by atoms with Crippen molar-refractivity contribution in [3.8, 4) is 0 Å². The van der Waals surface area contributed by atoms with Crippen LogP contribution in [0.2, 0.25) is 0 Å². The van der Waals surface area contributed by atoms with Gasteiger partial charge in [-0.15, -0.1) is 0 Å². The van der Waals surface area contributed by atoms with Crippen molar-refractivity contribution in [2.24, 2.45) is 16.7 Å². The molecule has 0 aromatic carbocycles. The molecule has 2 unspecified atom stereocenters. The number of hydrogen-bond acceptors (Lipinski definition) is 2. The van der Waals surface area contributed by atoms with Gasteiger partial charge >= 0.3 is 0 Å². The Morgan fingerprint density at radius 2 is 1.89 bits per heavy atom. The van der Waals surface area contributed by atoms with Gasteiger partial charge in [0.1, 0.15) is 0 Å². The van der Waals surface area contributed by atoms with Crippen molar-refractivity contribution in [3.05, 3.63) is 12.4 Å². The number of hydrogen-bond donors (Lipinski definition) is 2. The van der Waals surface area contributed by atoms with Gasteiger partial charge in [0.25, 0.3) is 0 Å². The quantitative estimate of drug-likeness (QED) is 0.836. The summed E-state index contributed by atoms with van der Waals surface area (Å²) in [4.78, 5) is 7.59. The lowest BCUT2D eigenvalue weighted by atomic mass is 9.43. The molecule has 3 nitrogen and oxygen atoms in total. The molecule has 0 saturated heterocycles. The summed E-state index contributed by atoms with van der Waals surface area (Å²) >= 11 is 0. The Balaban J connectivity index is 1.69. The van der Waals surface area contributed by atoms with E-state index in [0.29, 0.717) is 16.4 Å². The molecule has 1 heterocycles. The van der Waals surface area contributed by atoms with Gasteiger partial charge in [-0.2, -0.15) is 0 Å². The van der Waals surface area contributed by atoms with Gasteiger partial charge in [0, 0.05) is 17.9 Å². The van der Waals surface area contributed by atoms with E-state index < -0.39 is 0 Å². The number of nitrogens with one attached hydrogen (secondary N) is 2. The molecule has 2 atom stereocenters. The van der Waals surface area contributed by atoms with E-state index in [1.165, 1.54) is 38.5 Å². The summed E-state index contributed by atoms with van der Waals surface area (Å²) in [6.07, 6.45) is 12.1. The van der Waals surface area contributed by atoms with E-state index in [1.54, 1.807) is 0 Å². The topological polar surface area (TPSA) is 40.7 Å². The summed E-state index contributed by atoms with van der Waals surface area (Å²) in [5.41, 5.74) is 1.43. The Bertz CT molecular complexity index is 446. The molecule has 0 aliphatic heterocycles. The summed E-state index contributed by atoms with van der Waals surface area (Å²) in [6.45, 7) is 5.02. The largest absolute Gasteiger partial charge is 0.350 e. The first-order valence-electron chi connectivity index (χ1n) is 7.26. The van der Waals surface area contributed by atoms with Crippen molar-refractivity contribution in [2.45, 2.75) is 57.9 Å². The first-order valence-corrected chi connectivity index (χ1v) is 7.26. The Morgan fingerprint density at radius 3 is 2.44 bits per heavy atom. The lowest BCUT2D eigenvalue weighted by molar-refractivity contribution is -0.0974. The van der Waals surface area contributed by atoms with Crippen LogP contribution in [-0.4, -0.2) is 15.5 Å². The van der Waals surface area contributed by atoms with Crippen LogP contribution in [0.5, 0.6) is 0 Å². The van der Waals surface area contributed by atoms with E-state index in [4.69, 9.17) is 0 Å². The highest BCUT2D eigenvalue weighted by molar-refractivity contribution is 5.33. The number of imidazole rings is 1. The molecule has 4 bridgehead atoms. The first kappa shape index (κ1) is 10.9. The maximum atomic E-state index is 4.37. The average molecular weight is 245 g/mol. The number of aromatic nitrogens is 2. The number of H-pyrrole nitrogens is 1. The monoisotopic (exact) mass is 245 g/mol. The average Bonchev–Trinajstić information content (AvgIpc) is 2.62. The highest BCUT2D eigenvalue weighted by atomic mass is 15.2. The molecule has 98 valence electrons. The van der Waals surface area contributed by atoms with E-state index in [9.17, 15) is 0 Å². The Kier molecular flexibility index (Phi) is 1.89. The summed E-state index contributed by atoms with van der Waals surface area (Å²) in [5, 5.41) is 3.75. The Labute approximate surface area is 109 Å². The maximum absolute atomic E-state index is 4.37. The van der Waals surface area contributed by atoms with Crippen LogP contribution in [0, 0.1) is 16.7 Å². The van der Waals surface area contributed by atoms with Gasteiger partial charge < -0.3 is 10.3 Å². The molecule has 0 spiro atoms. The maximum Gasteiger partial charge on any atom is 0.200 e. The number of nitrogens with zero attached hydrogens (tertiary/aromatic N) is 1. The number of rotatable bonds is 2. The van der Waals surface area contributed by atoms with Gasteiger partial charge in [-0.25, -0.2) is 4.98 Å². The van der Waals surface area contributed by atoms with Crippen LogP contribution < -0.4 is 5.32 Å². The van der Waals surface area contributed by atoms with Crippen LogP contribution in [-0.2, 0) is 0 Å². The number of aromatic amines is 1. The third kappa shape index (κ3) is 1.52. The van der Waals surface area contributed by atoms with E-state index in [2.05, 4.69) is 29.1 Å². The van der Waals surface area contributed by atoms with Gasteiger partial charge in [0.2, 0.25) is 5.95 Å². The second-order valence-corrected chi connectivity index (χ2v) is 7.97. The van der Waals surface area contributed by atoms with E-state index in [-0.39, 0.29) is 0 Å². The smallest absolute Gasteiger partial charge is 0.200 e. The lowest BCUT2D eigenvalue weighted by Gasteiger charge is -2.65. The molecular formula is C15H23N3. The molecule has 0 radical (unpaired) electrons. The molecule has 3 heteroatoms. The fourth-order valence-corrected chi connectivity index (χ4v) is 6.17. The molecule has 4 fully saturated rings. The van der Waals surface area contributed by atoms with Crippen molar-refractivity contribution in [3.63, 3.8) is 0 Å². The standard InChI is InChI=1S/C15H23N3/c1-13-5-11-6-14(2,8-13)10-15(7-11,9-13)18-12-16-3-4-17-12/h3-4,11H,5-10H2,1-2H3,(H2,16,17,18). The van der Waals surface area contributed by atoms with E-state index in [1.807, 2.05) is 12.4 Å². The zero-order chi connectivity index (χ0) is 12.4. The molecule has 2 N–H and O–H groups in total. The third-order valence-electron chi connectivity index (χ3n) is 5.51. The van der Waals surface area contributed by atoms with Crippen molar-refractivity contribution >= 4 is 5.95 Å². The SMILES string of the molecule is CC12CC3CC(C)(C1)CC(Nc1ncc[nH]1)(C3)C2. The van der Waals surface area contributed by atoms with Gasteiger partial charge in [0.05, 0.1) is 0 Å². The van der Waals surface area contributed by atoms with Crippen LogP contribution in [0.4, 0.5) is 5.95 Å².